The Labute approximate surface area is 104 Å². The minimum atomic E-state index is -0.444. The van der Waals surface area contributed by atoms with Gasteiger partial charge in [0, 0.05) is 29.3 Å². The van der Waals surface area contributed by atoms with E-state index in [1.54, 1.807) is 17.8 Å². The third-order valence-corrected chi connectivity index (χ3v) is 3.40. The predicted molar refractivity (Wildman–Crippen MR) is 67.4 cm³/mol. The van der Waals surface area contributed by atoms with Crippen LogP contribution in [0.2, 0.25) is 5.02 Å². The molecule has 0 aromatic heterocycles. The van der Waals surface area contributed by atoms with E-state index in [1.165, 1.54) is 12.1 Å². The van der Waals surface area contributed by atoms with Gasteiger partial charge in [-0.2, -0.15) is 0 Å². The van der Waals surface area contributed by atoms with Gasteiger partial charge in [0.25, 0.3) is 5.69 Å². The zero-order valence-electron chi connectivity index (χ0n) is 9.14. The molecule has 6 heteroatoms. The summed E-state index contributed by atoms with van der Waals surface area (Å²) >= 11 is 7.55. The highest BCUT2D eigenvalue weighted by Gasteiger charge is 2.09. The highest BCUT2D eigenvalue weighted by atomic mass is 35.5. The fraction of sp³-hybridized carbons (Fsp3) is 0.400. The van der Waals surface area contributed by atoms with Crippen molar-refractivity contribution >= 4 is 29.1 Å². The summed E-state index contributed by atoms with van der Waals surface area (Å²) in [5.74, 6) is 0.907. The first kappa shape index (κ1) is 13.3. The van der Waals surface area contributed by atoms with Crippen molar-refractivity contribution in [3.05, 3.63) is 33.3 Å². The second-order valence-electron chi connectivity index (χ2n) is 3.52. The van der Waals surface area contributed by atoms with Gasteiger partial charge in [0.15, 0.2) is 0 Å². The second-order valence-corrected chi connectivity index (χ2v) is 5.07. The van der Waals surface area contributed by atoms with E-state index in [1.807, 2.05) is 14.1 Å². The number of non-ortho nitro benzene ring substituents is 1. The van der Waals surface area contributed by atoms with Gasteiger partial charge in [0.1, 0.15) is 0 Å². The Morgan fingerprint density at radius 3 is 2.69 bits per heavy atom. The highest BCUT2D eigenvalue weighted by molar-refractivity contribution is 7.99. The predicted octanol–water partition coefficient (Wildman–Crippen LogP) is 2.90. The van der Waals surface area contributed by atoms with E-state index in [-0.39, 0.29) is 5.69 Å². The van der Waals surface area contributed by atoms with Crippen LogP contribution in [0.25, 0.3) is 0 Å². The number of hydrogen-bond acceptors (Lipinski definition) is 4. The molecule has 0 fully saturated rings. The summed E-state index contributed by atoms with van der Waals surface area (Å²) in [7, 11) is 4.00. The Bertz CT molecular complexity index is 385. The largest absolute Gasteiger partial charge is 0.309 e. The summed E-state index contributed by atoms with van der Waals surface area (Å²) < 4.78 is 0. The Kier molecular flexibility index (Phi) is 5.05. The molecule has 0 saturated carbocycles. The summed E-state index contributed by atoms with van der Waals surface area (Å²) in [5, 5.41) is 10.9. The van der Waals surface area contributed by atoms with Crippen LogP contribution in [0, 0.1) is 10.1 Å². The molecule has 0 aliphatic rings. The molecule has 1 rings (SSSR count). The van der Waals surface area contributed by atoms with Crippen molar-refractivity contribution in [1.29, 1.82) is 0 Å². The van der Waals surface area contributed by atoms with Crippen LogP contribution in [0.15, 0.2) is 23.1 Å². The van der Waals surface area contributed by atoms with E-state index in [0.717, 1.165) is 17.2 Å². The standard InChI is InChI=1S/C10H13ClN2O2S/c1-12(2)5-6-16-10-4-3-8(13(14)15)7-9(10)11/h3-4,7H,5-6H2,1-2H3. The van der Waals surface area contributed by atoms with Gasteiger partial charge in [-0.1, -0.05) is 11.6 Å². The molecule has 0 radical (unpaired) electrons. The maximum atomic E-state index is 10.5. The van der Waals surface area contributed by atoms with Crippen molar-refractivity contribution in [2.75, 3.05) is 26.4 Å². The van der Waals surface area contributed by atoms with Gasteiger partial charge in [0.05, 0.1) is 9.95 Å². The number of hydrogen-bond donors (Lipinski definition) is 0. The Morgan fingerprint density at radius 1 is 1.50 bits per heavy atom. The molecule has 1 aromatic carbocycles. The Balaban J connectivity index is 2.64. The minimum Gasteiger partial charge on any atom is -0.309 e. The molecule has 88 valence electrons. The molecule has 4 nitrogen and oxygen atoms in total. The van der Waals surface area contributed by atoms with E-state index >= 15 is 0 Å². The van der Waals surface area contributed by atoms with E-state index < -0.39 is 4.92 Å². The van der Waals surface area contributed by atoms with E-state index in [4.69, 9.17) is 11.6 Å². The lowest BCUT2D eigenvalue weighted by Gasteiger charge is -2.09. The molecule has 0 aliphatic heterocycles. The normalized spacial score (nSPS) is 10.8. The Hall–Kier alpha value is -0.780. The van der Waals surface area contributed by atoms with Crippen LogP contribution < -0.4 is 0 Å². The lowest BCUT2D eigenvalue weighted by atomic mass is 10.3. The first-order valence-corrected chi connectivity index (χ1v) is 6.08. The molecule has 0 heterocycles. The highest BCUT2D eigenvalue weighted by Crippen LogP contribution is 2.30. The van der Waals surface area contributed by atoms with Crippen LogP contribution in [0.4, 0.5) is 5.69 Å². The molecule has 1 aromatic rings. The number of nitro benzene ring substituents is 1. The van der Waals surface area contributed by atoms with Crippen molar-refractivity contribution < 1.29 is 4.92 Å². The minimum absolute atomic E-state index is 0.0296. The monoisotopic (exact) mass is 260 g/mol. The van der Waals surface area contributed by atoms with Gasteiger partial charge >= 0.3 is 0 Å². The number of rotatable bonds is 5. The Morgan fingerprint density at radius 2 is 2.19 bits per heavy atom. The molecule has 0 unspecified atom stereocenters. The van der Waals surface area contributed by atoms with Gasteiger partial charge in [-0.05, 0) is 20.2 Å². The lowest BCUT2D eigenvalue weighted by Crippen LogP contribution is -2.14. The molecule has 0 bridgehead atoms. The maximum Gasteiger partial charge on any atom is 0.270 e. The van der Waals surface area contributed by atoms with Crippen molar-refractivity contribution in [2.45, 2.75) is 4.90 Å². The smallest absolute Gasteiger partial charge is 0.270 e. The molecule has 0 amide bonds. The molecule has 0 atom stereocenters. The molecule has 16 heavy (non-hydrogen) atoms. The van der Waals surface area contributed by atoms with Crippen molar-refractivity contribution in [1.82, 2.24) is 4.90 Å². The summed E-state index contributed by atoms with van der Waals surface area (Å²) in [5.41, 5.74) is 0.0296. The second kappa shape index (κ2) is 6.08. The zero-order chi connectivity index (χ0) is 12.1. The maximum absolute atomic E-state index is 10.5. The number of thioether (sulfide) groups is 1. The van der Waals surface area contributed by atoms with Crippen LogP contribution in [-0.4, -0.2) is 36.2 Å². The van der Waals surface area contributed by atoms with Gasteiger partial charge < -0.3 is 4.90 Å². The molecule has 0 saturated heterocycles. The van der Waals surface area contributed by atoms with Gasteiger partial charge in [0.2, 0.25) is 0 Å². The fourth-order valence-electron chi connectivity index (χ4n) is 1.06. The van der Waals surface area contributed by atoms with E-state index in [0.29, 0.717) is 5.02 Å². The van der Waals surface area contributed by atoms with Crippen LogP contribution in [0.1, 0.15) is 0 Å². The van der Waals surface area contributed by atoms with Crippen LogP contribution >= 0.6 is 23.4 Å². The number of nitro groups is 1. The third-order valence-electron chi connectivity index (χ3n) is 1.92. The zero-order valence-corrected chi connectivity index (χ0v) is 10.7. The lowest BCUT2D eigenvalue weighted by molar-refractivity contribution is -0.384. The van der Waals surface area contributed by atoms with Gasteiger partial charge in [-0.15, -0.1) is 11.8 Å². The summed E-state index contributed by atoms with van der Waals surface area (Å²) in [6.45, 7) is 0.942. The summed E-state index contributed by atoms with van der Waals surface area (Å²) in [4.78, 5) is 13.0. The van der Waals surface area contributed by atoms with Gasteiger partial charge in [-0.3, -0.25) is 10.1 Å². The average molecular weight is 261 g/mol. The van der Waals surface area contributed by atoms with Crippen LogP contribution in [0.3, 0.4) is 0 Å². The average Bonchev–Trinajstić information content (AvgIpc) is 2.19. The SMILES string of the molecule is CN(C)CCSc1ccc([N+](=O)[O-])cc1Cl. The molecular formula is C10H13ClN2O2S. The summed E-state index contributed by atoms with van der Waals surface area (Å²) in [6.07, 6.45) is 0. The third kappa shape index (κ3) is 4.00. The van der Waals surface area contributed by atoms with Crippen LogP contribution in [-0.2, 0) is 0 Å². The quantitative estimate of drug-likeness (QED) is 0.464. The first-order valence-electron chi connectivity index (χ1n) is 4.72. The number of halogens is 1. The fourth-order valence-corrected chi connectivity index (χ4v) is 2.43. The van der Waals surface area contributed by atoms with Crippen molar-refractivity contribution in [2.24, 2.45) is 0 Å². The number of benzene rings is 1. The molecule has 0 N–H and O–H groups in total. The number of nitrogens with zero attached hydrogens (tertiary/aromatic N) is 2. The molecular weight excluding hydrogens is 248 g/mol. The first-order chi connectivity index (χ1) is 7.50. The molecule has 0 aliphatic carbocycles. The topological polar surface area (TPSA) is 46.4 Å². The van der Waals surface area contributed by atoms with Crippen LogP contribution in [0.5, 0.6) is 0 Å². The van der Waals surface area contributed by atoms with Crippen molar-refractivity contribution in [3.63, 3.8) is 0 Å². The van der Waals surface area contributed by atoms with Crippen molar-refractivity contribution in [3.8, 4) is 0 Å². The summed E-state index contributed by atoms with van der Waals surface area (Å²) in [6, 6.07) is 4.56. The van der Waals surface area contributed by atoms with E-state index in [2.05, 4.69) is 4.90 Å². The molecule has 0 spiro atoms. The van der Waals surface area contributed by atoms with E-state index in [9.17, 15) is 10.1 Å². The van der Waals surface area contributed by atoms with Gasteiger partial charge in [-0.25, -0.2) is 0 Å².